The minimum atomic E-state index is -0.318. The maximum Gasteiger partial charge on any atom is 0.328 e. The Hall–Kier alpha value is -2.30. The third-order valence-corrected chi connectivity index (χ3v) is 3.61. The summed E-state index contributed by atoms with van der Waals surface area (Å²) in [5.41, 5.74) is 11.3. The molecule has 0 saturated heterocycles. The number of aromatic nitrogens is 2. The van der Waals surface area contributed by atoms with Crippen LogP contribution in [-0.2, 0) is 22.7 Å². The van der Waals surface area contributed by atoms with Crippen LogP contribution in [0.4, 0.5) is 5.69 Å². The van der Waals surface area contributed by atoms with Crippen molar-refractivity contribution in [3.05, 3.63) is 46.3 Å². The SMILES string of the molecule is Cc1ccc(C)c(COC(=O)Cn2nc(C)c(N)c2C)c1. The van der Waals surface area contributed by atoms with Crippen molar-refractivity contribution < 1.29 is 9.53 Å². The first-order valence-electron chi connectivity index (χ1n) is 6.89. The monoisotopic (exact) mass is 287 g/mol. The van der Waals surface area contributed by atoms with Gasteiger partial charge in [-0.25, -0.2) is 0 Å². The molecule has 0 unspecified atom stereocenters. The third kappa shape index (κ3) is 3.42. The van der Waals surface area contributed by atoms with Crippen molar-refractivity contribution in [2.75, 3.05) is 5.73 Å². The molecular weight excluding hydrogens is 266 g/mol. The lowest BCUT2D eigenvalue weighted by Gasteiger charge is -2.09. The summed E-state index contributed by atoms with van der Waals surface area (Å²) in [4.78, 5) is 11.9. The van der Waals surface area contributed by atoms with Gasteiger partial charge in [0, 0.05) is 0 Å². The van der Waals surface area contributed by atoms with E-state index in [9.17, 15) is 4.79 Å². The van der Waals surface area contributed by atoms with Gasteiger partial charge in [0.05, 0.1) is 17.1 Å². The second-order valence-corrected chi connectivity index (χ2v) is 5.33. The Balaban J connectivity index is 1.99. The number of nitrogen functional groups attached to an aromatic ring is 1. The van der Waals surface area contributed by atoms with Crippen LogP contribution in [0.2, 0.25) is 0 Å². The zero-order chi connectivity index (χ0) is 15.6. The average Bonchev–Trinajstić information content (AvgIpc) is 2.67. The molecule has 112 valence electrons. The minimum absolute atomic E-state index is 0.0781. The topological polar surface area (TPSA) is 70.1 Å². The molecule has 5 nitrogen and oxygen atoms in total. The van der Waals surface area contributed by atoms with E-state index in [-0.39, 0.29) is 19.1 Å². The molecule has 0 spiro atoms. The van der Waals surface area contributed by atoms with Gasteiger partial charge in [-0.15, -0.1) is 0 Å². The van der Waals surface area contributed by atoms with Crippen LogP contribution in [0.5, 0.6) is 0 Å². The molecule has 0 bridgehead atoms. The molecule has 0 aliphatic heterocycles. The van der Waals surface area contributed by atoms with E-state index in [2.05, 4.69) is 5.10 Å². The van der Waals surface area contributed by atoms with Crippen molar-refractivity contribution in [3.63, 3.8) is 0 Å². The number of aryl methyl sites for hydroxylation is 3. The Morgan fingerprint density at radius 3 is 2.62 bits per heavy atom. The fraction of sp³-hybridized carbons (Fsp3) is 0.375. The van der Waals surface area contributed by atoms with Gasteiger partial charge in [0.1, 0.15) is 13.2 Å². The Bertz CT molecular complexity index is 674. The Morgan fingerprint density at radius 1 is 1.29 bits per heavy atom. The van der Waals surface area contributed by atoms with Gasteiger partial charge in [0.15, 0.2) is 0 Å². The lowest BCUT2D eigenvalue weighted by Crippen LogP contribution is -2.16. The molecule has 1 aromatic carbocycles. The summed E-state index contributed by atoms with van der Waals surface area (Å²) in [5.74, 6) is -0.318. The van der Waals surface area contributed by atoms with Crippen molar-refractivity contribution in [3.8, 4) is 0 Å². The molecule has 2 N–H and O–H groups in total. The molecule has 21 heavy (non-hydrogen) atoms. The summed E-state index contributed by atoms with van der Waals surface area (Å²) in [6, 6.07) is 6.10. The highest BCUT2D eigenvalue weighted by molar-refractivity contribution is 5.69. The summed E-state index contributed by atoms with van der Waals surface area (Å²) in [5, 5.41) is 4.23. The number of esters is 1. The number of hydrogen-bond donors (Lipinski definition) is 1. The van der Waals surface area contributed by atoms with Gasteiger partial charge in [-0.3, -0.25) is 9.48 Å². The van der Waals surface area contributed by atoms with Gasteiger partial charge in [-0.05, 0) is 38.8 Å². The average molecular weight is 287 g/mol. The van der Waals surface area contributed by atoms with E-state index < -0.39 is 0 Å². The summed E-state index contributed by atoms with van der Waals surface area (Å²) in [6.45, 7) is 8.04. The summed E-state index contributed by atoms with van der Waals surface area (Å²) in [6.07, 6.45) is 0. The number of rotatable bonds is 4. The summed E-state index contributed by atoms with van der Waals surface area (Å²) < 4.78 is 6.91. The number of anilines is 1. The molecule has 0 atom stereocenters. The molecule has 5 heteroatoms. The highest BCUT2D eigenvalue weighted by Crippen LogP contribution is 2.15. The van der Waals surface area contributed by atoms with Crippen molar-refractivity contribution >= 4 is 11.7 Å². The largest absolute Gasteiger partial charge is 0.459 e. The maximum absolute atomic E-state index is 11.9. The predicted molar refractivity (Wildman–Crippen MR) is 81.8 cm³/mol. The highest BCUT2D eigenvalue weighted by atomic mass is 16.5. The number of nitrogens with zero attached hydrogens (tertiary/aromatic N) is 2. The molecule has 0 saturated carbocycles. The molecule has 0 radical (unpaired) electrons. The van der Waals surface area contributed by atoms with Crippen molar-refractivity contribution in [1.82, 2.24) is 9.78 Å². The van der Waals surface area contributed by atoms with Gasteiger partial charge in [-0.1, -0.05) is 23.8 Å². The second kappa shape index (κ2) is 5.99. The molecule has 0 aliphatic rings. The van der Waals surface area contributed by atoms with Crippen LogP contribution in [0.15, 0.2) is 18.2 Å². The van der Waals surface area contributed by atoms with E-state index in [4.69, 9.17) is 10.5 Å². The van der Waals surface area contributed by atoms with Gasteiger partial charge in [-0.2, -0.15) is 5.10 Å². The van der Waals surface area contributed by atoms with Crippen LogP contribution >= 0.6 is 0 Å². The van der Waals surface area contributed by atoms with Crippen molar-refractivity contribution in [2.24, 2.45) is 0 Å². The van der Waals surface area contributed by atoms with Crippen molar-refractivity contribution in [2.45, 2.75) is 40.8 Å². The Morgan fingerprint density at radius 2 is 2.00 bits per heavy atom. The molecule has 2 aromatic rings. The number of ether oxygens (including phenoxy) is 1. The molecule has 0 amide bonds. The highest BCUT2D eigenvalue weighted by Gasteiger charge is 2.12. The Labute approximate surface area is 124 Å². The van der Waals surface area contributed by atoms with Crippen LogP contribution < -0.4 is 5.73 Å². The van der Waals surface area contributed by atoms with E-state index in [0.29, 0.717) is 5.69 Å². The standard InChI is InChI=1S/C16H21N3O2/c1-10-5-6-11(2)14(7-10)9-21-15(20)8-19-13(4)16(17)12(3)18-19/h5-7H,8-9,17H2,1-4H3. The number of nitrogens with two attached hydrogens (primary N) is 1. The lowest BCUT2D eigenvalue weighted by atomic mass is 10.1. The fourth-order valence-electron chi connectivity index (χ4n) is 2.15. The Kier molecular flexibility index (Phi) is 4.31. The van der Waals surface area contributed by atoms with Crippen molar-refractivity contribution in [1.29, 1.82) is 0 Å². The minimum Gasteiger partial charge on any atom is -0.459 e. The van der Waals surface area contributed by atoms with Crippen LogP contribution in [0.25, 0.3) is 0 Å². The maximum atomic E-state index is 11.9. The smallest absolute Gasteiger partial charge is 0.328 e. The zero-order valence-electron chi connectivity index (χ0n) is 12.9. The number of carbonyl (C=O) groups is 1. The van der Waals surface area contributed by atoms with E-state index in [1.165, 1.54) is 0 Å². The fourth-order valence-corrected chi connectivity index (χ4v) is 2.15. The molecule has 1 heterocycles. The lowest BCUT2D eigenvalue weighted by molar-refractivity contribution is -0.145. The first-order valence-corrected chi connectivity index (χ1v) is 6.89. The van der Waals surface area contributed by atoms with Gasteiger partial charge in [0.25, 0.3) is 0 Å². The normalized spacial score (nSPS) is 10.7. The first kappa shape index (κ1) is 15.1. The van der Waals surface area contributed by atoms with E-state index in [0.717, 1.165) is 28.1 Å². The predicted octanol–water partition coefficient (Wildman–Crippen LogP) is 2.44. The molecule has 0 fully saturated rings. The molecule has 0 aliphatic carbocycles. The number of carbonyl (C=O) groups excluding carboxylic acids is 1. The molecular formula is C16H21N3O2. The quantitative estimate of drug-likeness (QED) is 0.877. The van der Waals surface area contributed by atoms with Crippen LogP contribution in [0.3, 0.4) is 0 Å². The molecule has 1 aromatic heterocycles. The number of benzene rings is 1. The van der Waals surface area contributed by atoms with E-state index in [1.807, 2.05) is 45.9 Å². The van der Waals surface area contributed by atoms with Gasteiger partial charge < -0.3 is 10.5 Å². The molecule has 2 rings (SSSR count). The van der Waals surface area contributed by atoms with Crippen LogP contribution in [0, 0.1) is 27.7 Å². The van der Waals surface area contributed by atoms with Gasteiger partial charge >= 0.3 is 5.97 Å². The summed E-state index contributed by atoms with van der Waals surface area (Å²) >= 11 is 0. The van der Waals surface area contributed by atoms with Crippen LogP contribution in [0.1, 0.15) is 28.1 Å². The summed E-state index contributed by atoms with van der Waals surface area (Å²) in [7, 11) is 0. The second-order valence-electron chi connectivity index (χ2n) is 5.33. The first-order chi connectivity index (χ1) is 9.88. The zero-order valence-corrected chi connectivity index (χ0v) is 12.9. The van der Waals surface area contributed by atoms with Crippen LogP contribution in [-0.4, -0.2) is 15.7 Å². The third-order valence-electron chi connectivity index (χ3n) is 3.61. The van der Waals surface area contributed by atoms with Gasteiger partial charge in [0.2, 0.25) is 0 Å². The van der Waals surface area contributed by atoms with E-state index >= 15 is 0 Å². The number of hydrogen-bond acceptors (Lipinski definition) is 4. The van der Waals surface area contributed by atoms with E-state index in [1.54, 1.807) is 4.68 Å².